The third-order valence-corrected chi connectivity index (χ3v) is 11.3. The maximum atomic E-state index is 7.37. The lowest BCUT2D eigenvalue weighted by Gasteiger charge is -2.46. The topological polar surface area (TPSA) is 35.2 Å². The van der Waals surface area contributed by atoms with Crippen molar-refractivity contribution in [2.45, 2.75) is 78.5 Å². The van der Waals surface area contributed by atoms with Gasteiger partial charge in [-0.1, -0.05) is 133 Å². The molecule has 0 saturated heterocycles. The van der Waals surface area contributed by atoms with Crippen LogP contribution in [0, 0.1) is 0 Å². The van der Waals surface area contributed by atoms with Crippen molar-refractivity contribution in [3.63, 3.8) is 0 Å². The fourth-order valence-corrected chi connectivity index (χ4v) is 9.50. The molecule has 1 aliphatic rings. The molecule has 0 amide bonds. The van der Waals surface area contributed by atoms with Gasteiger partial charge in [0.05, 0.1) is 6.10 Å². The lowest BCUT2D eigenvalue weighted by molar-refractivity contribution is 0.164. The molecule has 0 bridgehead atoms. The Labute approximate surface area is 203 Å². The first-order valence-corrected chi connectivity index (χ1v) is 14.5. The zero-order chi connectivity index (χ0) is 24.5. The lowest BCUT2D eigenvalue weighted by atomic mass is 9.86. The van der Waals surface area contributed by atoms with E-state index in [4.69, 9.17) is 10.2 Å². The number of hydrogen-bond acceptors (Lipinski definition) is 2. The summed E-state index contributed by atoms with van der Waals surface area (Å²) in [5, 5.41) is 2.63. The molecule has 2 N–H and O–H groups in total. The highest BCUT2D eigenvalue weighted by Gasteiger charge is 2.52. The Balaban J connectivity index is 0.000000914. The van der Waals surface area contributed by atoms with Crippen molar-refractivity contribution in [1.82, 2.24) is 0 Å². The van der Waals surface area contributed by atoms with E-state index < -0.39 is 8.32 Å². The second-order valence-corrected chi connectivity index (χ2v) is 13.3. The summed E-state index contributed by atoms with van der Waals surface area (Å²) in [6.45, 7) is 15.0. The molecule has 1 aliphatic carbocycles. The van der Waals surface area contributed by atoms with Crippen LogP contribution in [-0.2, 0) is 4.43 Å². The molecule has 0 aliphatic heterocycles. The summed E-state index contributed by atoms with van der Waals surface area (Å²) in [6.07, 6.45) is 1.99. The Kier molecular flexibility index (Phi) is 10.1. The third kappa shape index (κ3) is 5.66. The first kappa shape index (κ1) is 27.0. The van der Waals surface area contributed by atoms with E-state index in [0.717, 1.165) is 12.8 Å². The molecule has 2 nitrogen and oxygen atoms in total. The van der Waals surface area contributed by atoms with E-state index >= 15 is 0 Å². The first-order valence-electron chi connectivity index (χ1n) is 12.6. The maximum absolute atomic E-state index is 7.37. The Morgan fingerprint density at radius 1 is 0.667 bits per heavy atom. The zero-order valence-electron chi connectivity index (χ0n) is 21.6. The van der Waals surface area contributed by atoms with Crippen LogP contribution in [0.5, 0.6) is 0 Å². The van der Waals surface area contributed by atoms with E-state index in [0.29, 0.717) is 0 Å². The van der Waals surface area contributed by atoms with Crippen LogP contribution in [0.2, 0.25) is 5.04 Å². The summed E-state index contributed by atoms with van der Waals surface area (Å²) in [4.78, 5) is 0. The fraction of sp³-hybridized carbons (Fsp3) is 0.400. The van der Waals surface area contributed by atoms with Gasteiger partial charge >= 0.3 is 0 Å². The van der Waals surface area contributed by atoms with E-state index in [9.17, 15) is 0 Å². The molecule has 0 unspecified atom stereocenters. The highest BCUT2D eigenvalue weighted by atomic mass is 28.4. The third-order valence-electron chi connectivity index (χ3n) is 6.22. The van der Waals surface area contributed by atoms with Crippen LogP contribution in [0.3, 0.4) is 0 Å². The number of fused-ring (bicyclic) bond motifs is 1. The molecule has 4 rings (SSSR count). The van der Waals surface area contributed by atoms with E-state index in [1.54, 1.807) is 0 Å². The smallest absolute Gasteiger partial charge is 0.261 e. The van der Waals surface area contributed by atoms with Gasteiger partial charge in [0.1, 0.15) is 0 Å². The average Bonchev–Trinajstić information content (AvgIpc) is 2.87. The van der Waals surface area contributed by atoms with Gasteiger partial charge in [-0.3, -0.25) is 0 Å². The van der Waals surface area contributed by atoms with Gasteiger partial charge in [-0.15, -0.1) is 0 Å². The van der Waals surface area contributed by atoms with Crippen molar-refractivity contribution in [3.8, 4) is 0 Å². The van der Waals surface area contributed by atoms with Crippen molar-refractivity contribution >= 4 is 18.7 Å². The van der Waals surface area contributed by atoms with Crippen LogP contribution in [0.15, 0.2) is 84.9 Å². The normalized spacial score (nSPS) is 17.6. The molecule has 3 aromatic carbocycles. The van der Waals surface area contributed by atoms with Crippen LogP contribution in [0.1, 0.15) is 84.6 Å². The van der Waals surface area contributed by atoms with Gasteiger partial charge in [0.2, 0.25) is 0 Å². The molecular weight excluding hydrogens is 418 g/mol. The second kappa shape index (κ2) is 12.3. The van der Waals surface area contributed by atoms with Crippen molar-refractivity contribution < 1.29 is 4.43 Å². The van der Waals surface area contributed by atoms with Crippen molar-refractivity contribution in [2.75, 3.05) is 0 Å². The van der Waals surface area contributed by atoms with Crippen LogP contribution >= 0.6 is 0 Å². The Bertz CT molecular complexity index is 910. The van der Waals surface area contributed by atoms with Crippen LogP contribution in [0.4, 0.5) is 0 Å². The van der Waals surface area contributed by atoms with Crippen LogP contribution < -0.4 is 16.1 Å². The fourth-order valence-electron chi connectivity index (χ4n) is 4.81. The monoisotopic (exact) mass is 461 g/mol. The number of nitrogens with two attached hydrogens (primary N) is 1. The highest BCUT2D eigenvalue weighted by molar-refractivity contribution is 6.99. The molecule has 0 radical (unpaired) electrons. The van der Waals surface area contributed by atoms with Gasteiger partial charge in [0.15, 0.2) is 0 Å². The number of benzene rings is 3. The predicted octanol–water partition coefficient (Wildman–Crippen LogP) is 7.15. The standard InChI is InChI=1S/C26H31NOSi.2C2H6/c1-26(2,3)29(20-12-6-4-7-13-20,21-14-8-5-9-15-21)28-25-19-18-24(27)22-16-10-11-17-23(22)25;2*1-2/h4-17,24-25H,18-19,27H2,1-3H3;2*1-2H3/t24-,25-;;/m1../s1. The van der Waals surface area contributed by atoms with Gasteiger partial charge in [0, 0.05) is 6.04 Å². The van der Waals surface area contributed by atoms with Crippen molar-refractivity contribution in [1.29, 1.82) is 0 Å². The van der Waals surface area contributed by atoms with Crippen LogP contribution in [-0.4, -0.2) is 8.32 Å². The van der Waals surface area contributed by atoms with E-state index in [1.165, 1.54) is 21.5 Å². The summed E-state index contributed by atoms with van der Waals surface area (Å²) >= 11 is 0. The molecule has 0 aromatic heterocycles. The Hall–Kier alpha value is -2.20. The number of hydrogen-bond donors (Lipinski definition) is 1. The molecule has 0 saturated carbocycles. The highest BCUT2D eigenvalue weighted by Crippen LogP contribution is 2.44. The summed E-state index contributed by atoms with van der Waals surface area (Å²) in [6, 6.07) is 30.4. The Morgan fingerprint density at radius 3 is 1.55 bits per heavy atom. The second-order valence-electron chi connectivity index (χ2n) is 9.08. The number of rotatable bonds is 4. The molecule has 33 heavy (non-hydrogen) atoms. The molecule has 0 heterocycles. The van der Waals surface area contributed by atoms with Gasteiger partial charge in [-0.25, -0.2) is 0 Å². The van der Waals surface area contributed by atoms with E-state index in [-0.39, 0.29) is 17.2 Å². The summed E-state index contributed by atoms with van der Waals surface area (Å²) in [7, 11) is -2.57. The largest absolute Gasteiger partial charge is 0.400 e. The first-order chi connectivity index (χ1) is 15.9. The SMILES string of the molecule is CC.CC.CC(C)(C)[Si](O[C@@H]1CC[C@@H](N)c2ccccc21)(c1ccccc1)c1ccccc1. The van der Waals surface area contributed by atoms with Crippen LogP contribution in [0.25, 0.3) is 0 Å². The molecule has 3 heteroatoms. The molecule has 2 atom stereocenters. The summed E-state index contributed by atoms with van der Waals surface area (Å²) in [5.41, 5.74) is 8.94. The zero-order valence-corrected chi connectivity index (χ0v) is 22.6. The maximum Gasteiger partial charge on any atom is 0.261 e. The minimum Gasteiger partial charge on any atom is -0.400 e. The lowest BCUT2D eigenvalue weighted by Crippen LogP contribution is -2.67. The summed E-state index contributed by atoms with van der Waals surface area (Å²) in [5.74, 6) is 0. The van der Waals surface area contributed by atoms with Crippen molar-refractivity contribution in [2.24, 2.45) is 5.73 Å². The van der Waals surface area contributed by atoms with Gasteiger partial charge in [-0.05, 0) is 39.4 Å². The van der Waals surface area contributed by atoms with Gasteiger partial charge < -0.3 is 10.2 Å². The van der Waals surface area contributed by atoms with Gasteiger partial charge in [-0.2, -0.15) is 0 Å². The quantitative estimate of drug-likeness (QED) is 0.419. The molecule has 0 spiro atoms. The molecule has 0 fully saturated rings. The van der Waals surface area contributed by atoms with E-state index in [2.05, 4.69) is 106 Å². The van der Waals surface area contributed by atoms with Crippen molar-refractivity contribution in [3.05, 3.63) is 96.1 Å². The predicted molar refractivity (Wildman–Crippen MR) is 147 cm³/mol. The Morgan fingerprint density at radius 2 is 1.09 bits per heavy atom. The molecular formula is C30H43NOSi. The summed E-state index contributed by atoms with van der Waals surface area (Å²) < 4.78 is 7.37. The van der Waals surface area contributed by atoms with E-state index in [1.807, 2.05) is 27.7 Å². The average molecular weight is 462 g/mol. The molecule has 3 aromatic rings. The minimum atomic E-state index is -2.57. The minimum absolute atomic E-state index is 0.0236. The van der Waals surface area contributed by atoms with Gasteiger partial charge in [0.25, 0.3) is 8.32 Å². The molecule has 178 valence electrons.